The second kappa shape index (κ2) is 25.5. The van der Waals surface area contributed by atoms with Crippen LogP contribution in [0, 0.1) is 35.5 Å². The smallest absolute Gasteiger partial charge is 0.329 e. The van der Waals surface area contributed by atoms with Gasteiger partial charge < -0.3 is 43.9 Å². The SMILES string of the molecule is CO[C@H]1C[C@@H]2CC[C@@H](C)[C@@](O)(O2)C(=O)C(=O)N2CCCC[C@H]2C(=O)O[C@H]([C@H](C)C[C@@H]2CC[C@@H](O)[C@H](OC)C2)CC(=O)[C@H](C)/C=C(/C)[C@@H](O)[C@@H](OC)C(=O)[C@H](C)C[C@H](C)CCCC/C=C\1C. The molecule has 0 spiro atoms. The lowest BCUT2D eigenvalue weighted by molar-refractivity contribution is -0.265. The van der Waals surface area contributed by atoms with Crippen LogP contribution in [-0.4, -0.2) is 132 Å². The molecule has 370 valence electrons. The summed E-state index contributed by atoms with van der Waals surface area (Å²) in [6.45, 7) is 13.1. The molecule has 3 N–H and O–H groups in total. The van der Waals surface area contributed by atoms with Crippen molar-refractivity contribution in [3.05, 3.63) is 23.3 Å². The highest BCUT2D eigenvalue weighted by Crippen LogP contribution is 2.38. The van der Waals surface area contributed by atoms with E-state index in [1.54, 1.807) is 41.1 Å². The summed E-state index contributed by atoms with van der Waals surface area (Å²) in [5.41, 5.74) is 1.41. The molecule has 0 aromatic carbocycles. The maximum absolute atomic E-state index is 14.4. The summed E-state index contributed by atoms with van der Waals surface area (Å²) in [5, 5.41) is 33.9. The van der Waals surface area contributed by atoms with Gasteiger partial charge in [0.05, 0.1) is 24.4 Å². The molecule has 14 nitrogen and oxygen atoms in total. The van der Waals surface area contributed by atoms with Crippen LogP contribution in [0.15, 0.2) is 23.3 Å². The van der Waals surface area contributed by atoms with E-state index in [4.69, 9.17) is 23.7 Å². The molecule has 0 aromatic rings. The Hall–Kier alpha value is -2.85. The second-order valence-electron chi connectivity index (χ2n) is 20.3. The van der Waals surface area contributed by atoms with Crippen molar-refractivity contribution >= 4 is 29.2 Å². The molecule has 0 aromatic heterocycles. The van der Waals surface area contributed by atoms with Gasteiger partial charge in [-0.3, -0.25) is 19.2 Å². The Labute approximate surface area is 388 Å². The molecule has 15 atom stereocenters. The topological polar surface area (TPSA) is 195 Å². The van der Waals surface area contributed by atoms with E-state index in [1.165, 1.54) is 12.0 Å². The number of nitrogens with zero attached hydrogens (tertiary/aromatic N) is 1. The van der Waals surface area contributed by atoms with Gasteiger partial charge in [0, 0.05) is 58.5 Å². The summed E-state index contributed by atoms with van der Waals surface area (Å²) in [6.07, 6.45) is 7.89. The zero-order valence-corrected chi connectivity index (χ0v) is 41.1. The summed E-state index contributed by atoms with van der Waals surface area (Å²) in [4.78, 5) is 71.9. The van der Waals surface area contributed by atoms with Crippen LogP contribution in [0.2, 0.25) is 0 Å². The summed E-state index contributed by atoms with van der Waals surface area (Å²) >= 11 is 0. The normalized spacial score (nSPS) is 39.9. The molecule has 2 bridgehead atoms. The van der Waals surface area contributed by atoms with Crippen molar-refractivity contribution in [1.82, 2.24) is 4.90 Å². The highest BCUT2D eigenvalue weighted by molar-refractivity contribution is 6.39. The Morgan fingerprint density at radius 2 is 1.54 bits per heavy atom. The molecule has 2 saturated heterocycles. The van der Waals surface area contributed by atoms with Gasteiger partial charge in [-0.05, 0) is 120 Å². The molecule has 1 aliphatic carbocycles. The number of aliphatic hydroxyl groups is 3. The van der Waals surface area contributed by atoms with E-state index < -0.39 is 71.8 Å². The van der Waals surface area contributed by atoms with Crippen LogP contribution in [0.25, 0.3) is 0 Å². The number of hydrogen-bond acceptors (Lipinski definition) is 13. The highest BCUT2D eigenvalue weighted by Gasteiger charge is 2.53. The van der Waals surface area contributed by atoms with Gasteiger partial charge in [0.1, 0.15) is 30.1 Å². The Morgan fingerprint density at radius 1 is 0.831 bits per heavy atom. The largest absolute Gasteiger partial charge is 0.460 e. The lowest BCUT2D eigenvalue weighted by atomic mass is 9.78. The number of aliphatic hydroxyl groups excluding tert-OH is 2. The lowest BCUT2D eigenvalue weighted by Crippen LogP contribution is -2.61. The number of hydrogen-bond donors (Lipinski definition) is 3. The molecule has 0 unspecified atom stereocenters. The predicted octanol–water partition coefficient (Wildman–Crippen LogP) is 6.63. The third-order valence-corrected chi connectivity index (χ3v) is 15.1. The number of carbonyl (C=O) groups excluding carboxylic acids is 5. The zero-order valence-electron chi connectivity index (χ0n) is 41.1. The number of piperidine rings is 1. The fourth-order valence-corrected chi connectivity index (χ4v) is 10.7. The molecule has 3 heterocycles. The van der Waals surface area contributed by atoms with Crippen molar-refractivity contribution < 1.29 is 63.0 Å². The van der Waals surface area contributed by atoms with Crippen molar-refractivity contribution in [2.75, 3.05) is 27.9 Å². The van der Waals surface area contributed by atoms with Crippen LogP contribution in [0.3, 0.4) is 0 Å². The van der Waals surface area contributed by atoms with Crippen molar-refractivity contribution in [2.24, 2.45) is 35.5 Å². The van der Waals surface area contributed by atoms with Crippen LogP contribution < -0.4 is 0 Å². The first-order chi connectivity index (χ1) is 30.7. The van der Waals surface area contributed by atoms with Crippen molar-refractivity contribution in [3.8, 4) is 0 Å². The average molecular weight is 918 g/mol. The van der Waals surface area contributed by atoms with Crippen LogP contribution >= 0.6 is 0 Å². The number of rotatable bonds is 6. The summed E-state index contributed by atoms with van der Waals surface area (Å²) < 4.78 is 29.5. The van der Waals surface area contributed by atoms with E-state index in [1.807, 2.05) is 20.8 Å². The van der Waals surface area contributed by atoms with Gasteiger partial charge in [0.2, 0.25) is 5.79 Å². The number of esters is 1. The van der Waals surface area contributed by atoms with Gasteiger partial charge in [-0.1, -0.05) is 59.6 Å². The van der Waals surface area contributed by atoms with Crippen LogP contribution in [0.4, 0.5) is 0 Å². The Balaban J connectivity index is 1.67. The molecule has 3 fully saturated rings. The number of ether oxygens (including phenoxy) is 5. The van der Waals surface area contributed by atoms with Crippen molar-refractivity contribution in [3.63, 3.8) is 0 Å². The Bertz CT molecular complexity index is 1660. The molecule has 4 aliphatic rings. The standard InChI is InChI=1S/C51H83NO13/c1-30-16-12-11-13-17-31(2)42(61-8)28-38-21-19-36(7)51(60,65-38)48(57)49(58)52-23-15-14-18-39(52)50(59)64-43(33(4)26-37-20-22-40(53)44(27-37)62-9)29-41(54)32(3)25-35(6)46(56)47(63-10)45(55)34(5)24-30/h17,25,30,32-34,36-40,42-44,46-47,53,56,60H,11-16,18-24,26-29H2,1-10H3/b31-17-,35-25-/t30-,32-,33-,34-,36-,37+,38+,39+,40-,42+,43+,44-,46-,47+,51-/m1/s1. The van der Waals surface area contributed by atoms with E-state index >= 15 is 0 Å². The minimum Gasteiger partial charge on any atom is -0.460 e. The van der Waals surface area contributed by atoms with Gasteiger partial charge in [-0.15, -0.1) is 0 Å². The molecular weight excluding hydrogens is 835 g/mol. The quantitative estimate of drug-likeness (QED) is 0.146. The molecule has 0 radical (unpaired) electrons. The zero-order chi connectivity index (χ0) is 48.2. The maximum atomic E-state index is 14.4. The number of allylic oxidation sites excluding steroid dienone is 2. The number of methoxy groups -OCH3 is 3. The molecule has 65 heavy (non-hydrogen) atoms. The molecule has 3 aliphatic heterocycles. The lowest BCUT2D eigenvalue weighted by Gasteiger charge is -2.42. The Kier molecular flexibility index (Phi) is 21.5. The molecule has 1 amide bonds. The molecule has 1 saturated carbocycles. The third-order valence-electron chi connectivity index (χ3n) is 15.1. The number of carbonyl (C=O) groups is 5. The number of cyclic esters (lactones) is 1. The summed E-state index contributed by atoms with van der Waals surface area (Å²) in [7, 11) is 4.59. The number of fused-ring (bicyclic) bond motifs is 3. The Morgan fingerprint density at radius 3 is 2.22 bits per heavy atom. The second-order valence-corrected chi connectivity index (χ2v) is 20.3. The fourth-order valence-electron chi connectivity index (χ4n) is 10.7. The maximum Gasteiger partial charge on any atom is 0.329 e. The van der Waals surface area contributed by atoms with Crippen molar-refractivity contribution in [1.29, 1.82) is 0 Å². The summed E-state index contributed by atoms with van der Waals surface area (Å²) in [5.74, 6) is -7.47. The van der Waals surface area contributed by atoms with Crippen LogP contribution in [-0.2, 0) is 47.7 Å². The van der Waals surface area contributed by atoms with E-state index in [-0.39, 0.29) is 66.8 Å². The number of amides is 1. The van der Waals surface area contributed by atoms with E-state index in [2.05, 4.69) is 13.0 Å². The first kappa shape index (κ1) is 54.8. The minimum absolute atomic E-state index is 0.0992. The molecule has 14 heteroatoms. The molecular formula is C51H83NO13. The third kappa shape index (κ3) is 14.6. The van der Waals surface area contributed by atoms with Crippen LogP contribution in [0.5, 0.6) is 0 Å². The summed E-state index contributed by atoms with van der Waals surface area (Å²) in [6, 6.07) is -1.13. The predicted molar refractivity (Wildman–Crippen MR) is 245 cm³/mol. The van der Waals surface area contributed by atoms with Gasteiger partial charge in [0.15, 0.2) is 5.78 Å². The molecule has 4 rings (SSSR count). The van der Waals surface area contributed by atoms with E-state index in [9.17, 15) is 39.3 Å². The number of Topliss-reactive ketones (excluding diaryl/α,β-unsaturated/α-hetero) is 3. The first-order valence-corrected chi connectivity index (χ1v) is 24.6. The van der Waals surface area contributed by atoms with Gasteiger partial charge in [-0.25, -0.2) is 4.79 Å². The van der Waals surface area contributed by atoms with Gasteiger partial charge in [-0.2, -0.15) is 0 Å². The monoisotopic (exact) mass is 918 g/mol. The first-order valence-electron chi connectivity index (χ1n) is 24.6. The van der Waals surface area contributed by atoms with Crippen molar-refractivity contribution in [2.45, 2.75) is 206 Å². The fraction of sp³-hybridized carbons (Fsp3) is 0.824. The minimum atomic E-state index is -2.40. The van der Waals surface area contributed by atoms with Crippen LogP contribution in [0.1, 0.15) is 151 Å². The highest BCUT2D eigenvalue weighted by atomic mass is 16.6. The number of ketones is 3. The average Bonchev–Trinajstić information content (AvgIpc) is 3.28. The van der Waals surface area contributed by atoms with Gasteiger partial charge in [0.25, 0.3) is 11.7 Å². The van der Waals surface area contributed by atoms with E-state index in [0.717, 1.165) is 37.7 Å². The van der Waals surface area contributed by atoms with Gasteiger partial charge >= 0.3 is 5.97 Å². The van der Waals surface area contributed by atoms with E-state index in [0.29, 0.717) is 63.4 Å².